The van der Waals surface area contributed by atoms with Crippen LogP contribution in [-0.2, 0) is 11.2 Å². The molecule has 2 aromatic heterocycles. The van der Waals surface area contributed by atoms with Crippen LogP contribution in [0.4, 0.5) is 0 Å². The Kier molecular flexibility index (Phi) is 4.20. The summed E-state index contributed by atoms with van der Waals surface area (Å²) in [5, 5.41) is 10.9. The molecule has 3 rings (SSSR count). The maximum Gasteiger partial charge on any atom is 0.226 e. The summed E-state index contributed by atoms with van der Waals surface area (Å²) >= 11 is 1.68. The van der Waals surface area contributed by atoms with Crippen molar-refractivity contribution in [3.8, 4) is 0 Å². The van der Waals surface area contributed by atoms with E-state index in [1.54, 1.807) is 11.3 Å². The predicted molar refractivity (Wildman–Crippen MR) is 88.1 cm³/mol. The number of carbonyl (C=O) groups excluding carboxylic acids is 1. The molecule has 0 bridgehead atoms. The van der Waals surface area contributed by atoms with E-state index >= 15 is 0 Å². The quantitative estimate of drug-likeness (QED) is 0.761. The minimum atomic E-state index is -0.0144. The molecule has 6 heteroatoms. The Morgan fingerprint density at radius 2 is 2.23 bits per heavy atom. The van der Waals surface area contributed by atoms with E-state index in [4.69, 9.17) is 0 Å². The number of fused-ring (bicyclic) bond motifs is 1. The van der Waals surface area contributed by atoms with Gasteiger partial charge in [0.2, 0.25) is 5.91 Å². The van der Waals surface area contributed by atoms with E-state index in [2.05, 4.69) is 33.5 Å². The Hall–Kier alpha value is -2.21. The fraction of sp³-hybridized carbons (Fsp3) is 0.312. The van der Waals surface area contributed by atoms with E-state index in [-0.39, 0.29) is 11.8 Å². The lowest BCUT2D eigenvalue weighted by atomic mass is 10.2. The molecule has 3 aromatic rings. The molecule has 0 saturated carbocycles. The first-order valence-electron chi connectivity index (χ1n) is 7.25. The zero-order valence-corrected chi connectivity index (χ0v) is 13.4. The molecule has 0 aliphatic rings. The summed E-state index contributed by atoms with van der Waals surface area (Å²) in [4.78, 5) is 16.6. The maximum atomic E-state index is 11.9. The van der Waals surface area contributed by atoms with Crippen molar-refractivity contribution in [3.63, 3.8) is 0 Å². The highest BCUT2D eigenvalue weighted by Gasteiger charge is 2.13. The molecule has 114 valence electrons. The molecular weight excluding hydrogens is 296 g/mol. The molecule has 1 atom stereocenters. The number of aryl methyl sites for hydroxylation is 1. The number of nitrogens with one attached hydrogen (secondary N) is 2. The first kappa shape index (κ1) is 14.7. The minimum Gasteiger partial charge on any atom is -0.355 e. The van der Waals surface area contributed by atoms with Gasteiger partial charge < -0.3 is 5.32 Å². The highest BCUT2D eigenvalue weighted by molar-refractivity contribution is 7.18. The van der Waals surface area contributed by atoms with Crippen LogP contribution in [0.2, 0.25) is 0 Å². The van der Waals surface area contributed by atoms with Crippen LogP contribution in [0.5, 0.6) is 0 Å². The van der Waals surface area contributed by atoms with Gasteiger partial charge in [0.25, 0.3) is 0 Å². The highest BCUT2D eigenvalue weighted by Crippen LogP contribution is 2.26. The van der Waals surface area contributed by atoms with Gasteiger partial charge in [-0.2, -0.15) is 5.10 Å². The lowest BCUT2D eigenvalue weighted by Crippen LogP contribution is -2.29. The van der Waals surface area contributed by atoms with Gasteiger partial charge in [0.05, 0.1) is 27.3 Å². The largest absolute Gasteiger partial charge is 0.355 e. The minimum absolute atomic E-state index is 0.0144. The number of nitrogens with zero attached hydrogens (tertiary/aromatic N) is 2. The molecular formula is C16H18N4OS. The first-order valence-corrected chi connectivity index (χ1v) is 8.06. The van der Waals surface area contributed by atoms with Gasteiger partial charge in [-0.3, -0.25) is 9.89 Å². The number of rotatable bonds is 5. The number of benzene rings is 1. The third kappa shape index (κ3) is 3.33. The van der Waals surface area contributed by atoms with E-state index in [9.17, 15) is 4.79 Å². The van der Waals surface area contributed by atoms with Gasteiger partial charge in [-0.05, 0) is 25.1 Å². The van der Waals surface area contributed by atoms with Crippen molar-refractivity contribution in [1.82, 2.24) is 20.5 Å². The zero-order valence-electron chi connectivity index (χ0n) is 12.6. The number of amides is 1. The van der Waals surface area contributed by atoms with Crippen LogP contribution in [-0.4, -0.2) is 27.6 Å². The SMILES string of the molecule is Cc1cc(CC(=O)NCC(C)c2nc3ccccc3s2)n[nH]1. The van der Waals surface area contributed by atoms with Gasteiger partial charge in [0.1, 0.15) is 0 Å². The summed E-state index contributed by atoms with van der Waals surface area (Å²) in [7, 11) is 0. The second kappa shape index (κ2) is 6.27. The Morgan fingerprint density at radius 3 is 2.95 bits per heavy atom. The number of H-pyrrole nitrogens is 1. The molecule has 0 aliphatic heterocycles. The van der Waals surface area contributed by atoms with Crippen LogP contribution in [0.25, 0.3) is 10.2 Å². The van der Waals surface area contributed by atoms with Gasteiger partial charge in [-0.25, -0.2) is 4.98 Å². The van der Waals surface area contributed by atoms with Gasteiger partial charge >= 0.3 is 0 Å². The molecule has 1 unspecified atom stereocenters. The fourth-order valence-corrected chi connectivity index (χ4v) is 3.27. The third-order valence-corrected chi connectivity index (χ3v) is 4.71. The second-order valence-electron chi connectivity index (χ2n) is 5.44. The van der Waals surface area contributed by atoms with Crippen LogP contribution < -0.4 is 5.32 Å². The summed E-state index contributed by atoms with van der Waals surface area (Å²) < 4.78 is 1.18. The average Bonchev–Trinajstić information content (AvgIpc) is 3.10. The number of aromatic amines is 1. The highest BCUT2D eigenvalue weighted by atomic mass is 32.1. The smallest absolute Gasteiger partial charge is 0.226 e. The van der Waals surface area contributed by atoms with Crippen molar-refractivity contribution in [2.24, 2.45) is 0 Å². The van der Waals surface area contributed by atoms with Crippen molar-refractivity contribution in [3.05, 3.63) is 46.7 Å². The number of hydrogen-bond donors (Lipinski definition) is 2. The lowest BCUT2D eigenvalue weighted by molar-refractivity contribution is -0.120. The topological polar surface area (TPSA) is 70.7 Å². The summed E-state index contributed by atoms with van der Waals surface area (Å²) in [6.45, 7) is 4.59. The van der Waals surface area contributed by atoms with Gasteiger partial charge in [0, 0.05) is 18.2 Å². The van der Waals surface area contributed by atoms with Gasteiger partial charge in [-0.15, -0.1) is 11.3 Å². The zero-order chi connectivity index (χ0) is 15.5. The van der Waals surface area contributed by atoms with E-state index in [1.807, 2.05) is 31.2 Å². The molecule has 0 aliphatic carbocycles. The number of hydrogen-bond acceptors (Lipinski definition) is 4. The monoisotopic (exact) mass is 314 g/mol. The molecule has 2 heterocycles. The molecule has 0 saturated heterocycles. The Morgan fingerprint density at radius 1 is 1.41 bits per heavy atom. The molecule has 5 nitrogen and oxygen atoms in total. The summed E-state index contributed by atoms with van der Waals surface area (Å²) in [6, 6.07) is 9.98. The van der Waals surface area contributed by atoms with E-state index < -0.39 is 0 Å². The third-order valence-electron chi connectivity index (χ3n) is 3.44. The Labute approximate surface area is 132 Å². The molecule has 0 radical (unpaired) electrons. The van der Waals surface area contributed by atoms with Crippen molar-refractivity contribution in [2.75, 3.05) is 6.54 Å². The second-order valence-corrected chi connectivity index (χ2v) is 6.51. The molecule has 22 heavy (non-hydrogen) atoms. The van der Waals surface area contributed by atoms with Crippen molar-refractivity contribution < 1.29 is 4.79 Å². The first-order chi connectivity index (χ1) is 10.6. The Balaban J connectivity index is 1.57. The number of para-hydroxylation sites is 1. The molecule has 2 N–H and O–H groups in total. The van der Waals surface area contributed by atoms with E-state index in [0.717, 1.165) is 21.9 Å². The normalized spacial score (nSPS) is 12.5. The van der Waals surface area contributed by atoms with Crippen LogP contribution >= 0.6 is 11.3 Å². The molecule has 1 aromatic carbocycles. The predicted octanol–water partition coefficient (Wildman–Crippen LogP) is 2.79. The summed E-state index contributed by atoms with van der Waals surface area (Å²) in [5.74, 6) is 0.182. The van der Waals surface area contributed by atoms with Crippen LogP contribution in [0.15, 0.2) is 30.3 Å². The van der Waals surface area contributed by atoms with Crippen molar-refractivity contribution in [2.45, 2.75) is 26.2 Å². The summed E-state index contributed by atoms with van der Waals surface area (Å²) in [5.41, 5.74) is 2.75. The number of aromatic nitrogens is 3. The van der Waals surface area contributed by atoms with E-state index in [0.29, 0.717) is 13.0 Å². The molecule has 0 fully saturated rings. The number of carbonyl (C=O) groups is 1. The molecule has 0 spiro atoms. The van der Waals surface area contributed by atoms with Crippen molar-refractivity contribution in [1.29, 1.82) is 0 Å². The van der Waals surface area contributed by atoms with Gasteiger partial charge in [0.15, 0.2) is 0 Å². The maximum absolute atomic E-state index is 11.9. The van der Waals surface area contributed by atoms with Crippen LogP contribution in [0.3, 0.4) is 0 Å². The average molecular weight is 314 g/mol. The summed E-state index contributed by atoms with van der Waals surface area (Å²) in [6.07, 6.45) is 0.302. The lowest BCUT2D eigenvalue weighted by Gasteiger charge is -2.09. The van der Waals surface area contributed by atoms with Crippen LogP contribution in [0, 0.1) is 6.92 Å². The van der Waals surface area contributed by atoms with Crippen LogP contribution in [0.1, 0.15) is 29.2 Å². The standard InChI is InChI=1S/C16H18N4OS/c1-10(16-18-13-5-3-4-6-14(13)22-16)9-17-15(21)8-12-7-11(2)19-20-12/h3-7,10H,8-9H2,1-2H3,(H,17,21)(H,19,20). The van der Waals surface area contributed by atoms with Crippen molar-refractivity contribution >= 4 is 27.5 Å². The van der Waals surface area contributed by atoms with Gasteiger partial charge in [-0.1, -0.05) is 19.1 Å². The molecule has 1 amide bonds. The fourth-order valence-electron chi connectivity index (χ4n) is 2.25. The van der Waals surface area contributed by atoms with E-state index in [1.165, 1.54) is 4.70 Å². The number of thiazole rings is 1. The Bertz CT molecular complexity index is 759.